The number of hydrogen-bond donors (Lipinski definition) is 2. The quantitative estimate of drug-likeness (QED) is 0.774. The minimum absolute atomic E-state index is 0.0366. The molecule has 0 atom stereocenters. The van der Waals surface area contributed by atoms with E-state index in [1.807, 2.05) is 30.3 Å². The molecule has 0 aliphatic carbocycles. The fourth-order valence-electron chi connectivity index (χ4n) is 2.02. The molecule has 27 heavy (non-hydrogen) atoms. The topological polar surface area (TPSA) is 105 Å². The van der Waals surface area contributed by atoms with E-state index >= 15 is 0 Å². The molecule has 0 aliphatic heterocycles. The van der Waals surface area contributed by atoms with Gasteiger partial charge < -0.3 is 19.5 Å². The molecule has 0 spiro atoms. The maximum absolute atomic E-state index is 12.0. The molecule has 8 heteroatoms. The Morgan fingerprint density at radius 1 is 1.07 bits per heavy atom. The third-order valence-corrected chi connectivity index (χ3v) is 3.53. The lowest BCUT2D eigenvalue weighted by atomic mass is 10.2. The standard InChI is InChI=1S/C19H20N2O6/c1-21(2)17(22)12-26-16-10-14(18(23)24)8-9-15(16)20-19(25)27-11-13-6-4-3-5-7-13/h3-10H,11-12H2,1-2H3,(H,20,25)(H,23,24). The molecule has 2 rings (SSSR count). The van der Waals surface area contributed by atoms with Crippen LogP contribution < -0.4 is 10.1 Å². The second kappa shape index (κ2) is 9.23. The summed E-state index contributed by atoms with van der Waals surface area (Å²) in [5, 5.41) is 11.6. The van der Waals surface area contributed by atoms with Crippen molar-refractivity contribution in [3.8, 4) is 5.75 Å². The van der Waals surface area contributed by atoms with Crippen molar-refractivity contribution < 1.29 is 29.0 Å². The summed E-state index contributed by atoms with van der Waals surface area (Å²) in [6.45, 7) is -0.223. The van der Waals surface area contributed by atoms with Gasteiger partial charge in [0, 0.05) is 14.1 Å². The van der Waals surface area contributed by atoms with Crippen LogP contribution in [-0.2, 0) is 16.1 Å². The lowest BCUT2D eigenvalue weighted by Crippen LogP contribution is -2.27. The first-order chi connectivity index (χ1) is 12.9. The number of carboxylic acid groups (broad SMARTS) is 1. The molecule has 0 saturated heterocycles. The number of aromatic carboxylic acids is 1. The monoisotopic (exact) mass is 372 g/mol. The highest BCUT2D eigenvalue weighted by Crippen LogP contribution is 2.26. The number of carbonyl (C=O) groups is 3. The molecule has 0 unspecified atom stereocenters. The molecule has 2 N–H and O–H groups in total. The summed E-state index contributed by atoms with van der Waals surface area (Å²) in [7, 11) is 3.14. The molecule has 0 aromatic heterocycles. The van der Waals surface area contributed by atoms with Gasteiger partial charge in [0.05, 0.1) is 11.3 Å². The second-order valence-electron chi connectivity index (χ2n) is 5.78. The minimum Gasteiger partial charge on any atom is -0.482 e. The first-order valence-corrected chi connectivity index (χ1v) is 8.05. The Morgan fingerprint density at radius 2 is 1.78 bits per heavy atom. The fraction of sp³-hybridized carbons (Fsp3) is 0.211. The van der Waals surface area contributed by atoms with E-state index in [1.165, 1.54) is 23.1 Å². The number of anilines is 1. The van der Waals surface area contributed by atoms with Gasteiger partial charge in [-0.2, -0.15) is 0 Å². The van der Waals surface area contributed by atoms with Crippen molar-refractivity contribution in [2.24, 2.45) is 0 Å². The highest BCUT2D eigenvalue weighted by Gasteiger charge is 2.14. The first-order valence-electron chi connectivity index (χ1n) is 8.05. The van der Waals surface area contributed by atoms with E-state index in [4.69, 9.17) is 14.6 Å². The van der Waals surface area contributed by atoms with E-state index in [2.05, 4.69) is 5.32 Å². The molecule has 142 valence electrons. The Kier molecular flexibility index (Phi) is 6.76. The van der Waals surface area contributed by atoms with Crippen molar-refractivity contribution in [3.63, 3.8) is 0 Å². The van der Waals surface area contributed by atoms with E-state index in [0.29, 0.717) is 0 Å². The lowest BCUT2D eigenvalue weighted by molar-refractivity contribution is -0.130. The van der Waals surface area contributed by atoms with Gasteiger partial charge in [0.15, 0.2) is 6.61 Å². The van der Waals surface area contributed by atoms with E-state index in [0.717, 1.165) is 5.56 Å². The van der Waals surface area contributed by atoms with Gasteiger partial charge in [-0.15, -0.1) is 0 Å². The van der Waals surface area contributed by atoms with Gasteiger partial charge in [0.1, 0.15) is 12.4 Å². The van der Waals surface area contributed by atoms with Gasteiger partial charge in [-0.05, 0) is 23.8 Å². The van der Waals surface area contributed by atoms with Crippen molar-refractivity contribution in [2.45, 2.75) is 6.61 Å². The summed E-state index contributed by atoms with van der Waals surface area (Å²) in [4.78, 5) is 36.2. The van der Waals surface area contributed by atoms with Crippen LogP contribution in [0.2, 0.25) is 0 Å². The summed E-state index contributed by atoms with van der Waals surface area (Å²) < 4.78 is 10.5. The molecule has 0 saturated carbocycles. The highest BCUT2D eigenvalue weighted by atomic mass is 16.5. The summed E-state index contributed by atoms with van der Waals surface area (Å²) in [5.74, 6) is -1.41. The maximum atomic E-state index is 12.0. The van der Waals surface area contributed by atoms with E-state index in [-0.39, 0.29) is 36.1 Å². The van der Waals surface area contributed by atoms with Crippen LogP contribution in [-0.4, -0.2) is 48.7 Å². The van der Waals surface area contributed by atoms with E-state index in [9.17, 15) is 14.4 Å². The molecule has 0 heterocycles. The molecule has 0 bridgehead atoms. The molecule has 8 nitrogen and oxygen atoms in total. The fourth-order valence-corrected chi connectivity index (χ4v) is 2.02. The van der Waals surface area contributed by atoms with Crippen LogP contribution in [0.4, 0.5) is 10.5 Å². The maximum Gasteiger partial charge on any atom is 0.412 e. The molecular weight excluding hydrogens is 352 g/mol. The third kappa shape index (κ3) is 6.03. The average molecular weight is 372 g/mol. The van der Waals surface area contributed by atoms with Crippen molar-refractivity contribution in [2.75, 3.05) is 26.0 Å². The Hall–Kier alpha value is -3.55. The van der Waals surface area contributed by atoms with E-state index < -0.39 is 12.1 Å². The number of carbonyl (C=O) groups excluding carboxylic acids is 2. The van der Waals surface area contributed by atoms with Gasteiger partial charge in [-0.1, -0.05) is 30.3 Å². The minimum atomic E-state index is -1.16. The van der Waals surface area contributed by atoms with Crippen LogP contribution in [0.1, 0.15) is 15.9 Å². The van der Waals surface area contributed by atoms with Crippen molar-refractivity contribution >= 4 is 23.7 Å². The largest absolute Gasteiger partial charge is 0.482 e. The molecule has 2 aromatic carbocycles. The Morgan fingerprint density at radius 3 is 2.41 bits per heavy atom. The number of hydrogen-bond acceptors (Lipinski definition) is 5. The SMILES string of the molecule is CN(C)C(=O)COc1cc(C(=O)O)ccc1NC(=O)OCc1ccccc1. The van der Waals surface area contributed by atoms with Crippen LogP contribution in [0.3, 0.4) is 0 Å². The highest BCUT2D eigenvalue weighted by molar-refractivity contribution is 5.92. The lowest BCUT2D eigenvalue weighted by Gasteiger charge is -2.15. The molecule has 2 amide bonds. The third-order valence-electron chi connectivity index (χ3n) is 3.53. The number of benzene rings is 2. The van der Waals surface area contributed by atoms with Gasteiger partial charge in [0.2, 0.25) is 0 Å². The smallest absolute Gasteiger partial charge is 0.412 e. The molecule has 0 fully saturated rings. The predicted molar refractivity (Wildman–Crippen MR) is 97.8 cm³/mol. The van der Waals surface area contributed by atoms with E-state index in [1.54, 1.807) is 14.1 Å². The zero-order valence-corrected chi connectivity index (χ0v) is 15.0. The number of nitrogens with zero attached hydrogens (tertiary/aromatic N) is 1. The van der Waals surface area contributed by atoms with Gasteiger partial charge in [-0.3, -0.25) is 10.1 Å². The Bertz CT molecular complexity index is 820. The Labute approximate surface area is 156 Å². The summed E-state index contributed by atoms with van der Waals surface area (Å²) >= 11 is 0. The van der Waals surface area contributed by atoms with Crippen LogP contribution >= 0.6 is 0 Å². The molecule has 0 aliphatic rings. The number of ether oxygens (including phenoxy) is 2. The van der Waals surface area contributed by atoms with Gasteiger partial charge in [-0.25, -0.2) is 9.59 Å². The zero-order chi connectivity index (χ0) is 19.8. The van der Waals surface area contributed by atoms with Crippen molar-refractivity contribution in [1.82, 2.24) is 4.90 Å². The number of likely N-dealkylation sites (N-methyl/N-ethyl adjacent to an activating group) is 1. The molecule has 2 aromatic rings. The number of carboxylic acids is 1. The summed E-state index contributed by atoms with van der Waals surface area (Å²) in [5.41, 5.74) is 0.983. The van der Waals surface area contributed by atoms with Crippen molar-refractivity contribution in [1.29, 1.82) is 0 Å². The van der Waals surface area contributed by atoms with Crippen LogP contribution in [0, 0.1) is 0 Å². The number of amides is 2. The van der Waals surface area contributed by atoms with Crippen LogP contribution in [0.25, 0.3) is 0 Å². The van der Waals surface area contributed by atoms with Crippen LogP contribution in [0.15, 0.2) is 48.5 Å². The molecule has 0 radical (unpaired) electrons. The summed E-state index contributed by atoms with van der Waals surface area (Å²) in [6.07, 6.45) is -0.731. The average Bonchev–Trinajstić information content (AvgIpc) is 2.65. The van der Waals surface area contributed by atoms with Gasteiger partial charge >= 0.3 is 12.1 Å². The summed E-state index contributed by atoms with van der Waals surface area (Å²) in [6, 6.07) is 13.1. The Balaban J connectivity index is 2.07. The van der Waals surface area contributed by atoms with Gasteiger partial charge in [0.25, 0.3) is 5.91 Å². The normalized spacial score (nSPS) is 10.0. The molecular formula is C19H20N2O6. The number of nitrogens with one attached hydrogen (secondary N) is 1. The van der Waals surface area contributed by atoms with Crippen LogP contribution in [0.5, 0.6) is 5.75 Å². The second-order valence-corrected chi connectivity index (χ2v) is 5.78. The zero-order valence-electron chi connectivity index (χ0n) is 15.0. The number of rotatable bonds is 7. The predicted octanol–water partition coefficient (Wildman–Crippen LogP) is 2.60. The first kappa shape index (κ1) is 19.8. The van der Waals surface area contributed by atoms with Crippen molar-refractivity contribution in [3.05, 3.63) is 59.7 Å².